The molecule has 21 heavy (non-hydrogen) atoms. The van der Waals surface area contributed by atoms with Gasteiger partial charge in [-0.1, -0.05) is 30.3 Å². The SMILES string of the molecule is N#Cc1c(SCc2ccccc2)sc2c(=O)[nH]c(=O)[nH]c12. The highest BCUT2D eigenvalue weighted by Gasteiger charge is 2.16. The summed E-state index contributed by atoms with van der Waals surface area (Å²) in [5.41, 5.74) is 0.764. The van der Waals surface area contributed by atoms with Crippen LogP contribution < -0.4 is 11.2 Å². The highest BCUT2D eigenvalue weighted by molar-refractivity contribution is 8.00. The average molecular weight is 315 g/mol. The first kappa shape index (κ1) is 13.7. The van der Waals surface area contributed by atoms with E-state index in [9.17, 15) is 14.9 Å². The predicted octanol–water partition coefficient (Wildman–Crippen LogP) is 2.44. The quantitative estimate of drug-likeness (QED) is 0.726. The Balaban J connectivity index is 2.03. The van der Waals surface area contributed by atoms with Gasteiger partial charge in [0, 0.05) is 5.75 Å². The third-order valence-corrected chi connectivity index (χ3v) is 5.40. The summed E-state index contributed by atoms with van der Waals surface area (Å²) in [6.45, 7) is 0. The fraction of sp³-hybridized carbons (Fsp3) is 0.0714. The first-order chi connectivity index (χ1) is 10.2. The summed E-state index contributed by atoms with van der Waals surface area (Å²) >= 11 is 2.72. The monoisotopic (exact) mass is 315 g/mol. The van der Waals surface area contributed by atoms with Gasteiger partial charge in [-0.05, 0) is 5.56 Å². The minimum absolute atomic E-state index is 0.326. The van der Waals surface area contributed by atoms with Crippen molar-refractivity contribution in [2.75, 3.05) is 0 Å². The zero-order valence-electron chi connectivity index (χ0n) is 10.7. The molecule has 3 aromatic rings. The fourth-order valence-electron chi connectivity index (χ4n) is 1.92. The molecule has 0 amide bonds. The number of nitriles is 1. The number of benzene rings is 1. The van der Waals surface area contributed by atoms with Crippen LogP contribution >= 0.6 is 23.1 Å². The number of aromatic nitrogens is 2. The molecule has 0 saturated carbocycles. The minimum atomic E-state index is -0.596. The Morgan fingerprint density at radius 1 is 1.19 bits per heavy atom. The van der Waals surface area contributed by atoms with Crippen LogP contribution in [0.4, 0.5) is 0 Å². The zero-order valence-corrected chi connectivity index (χ0v) is 12.3. The summed E-state index contributed by atoms with van der Waals surface area (Å²) in [4.78, 5) is 27.8. The number of H-pyrrole nitrogens is 2. The Morgan fingerprint density at radius 3 is 2.67 bits per heavy atom. The molecule has 2 N–H and O–H groups in total. The number of aromatic amines is 2. The molecule has 3 rings (SSSR count). The maximum atomic E-state index is 11.8. The van der Waals surface area contributed by atoms with Crippen molar-refractivity contribution in [2.24, 2.45) is 0 Å². The van der Waals surface area contributed by atoms with Gasteiger partial charge in [0.15, 0.2) is 0 Å². The van der Waals surface area contributed by atoms with Gasteiger partial charge in [0.1, 0.15) is 16.3 Å². The highest BCUT2D eigenvalue weighted by atomic mass is 32.2. The summed E-state index contributed by atoms with van der Waals surface area (Å²) in [5.74, 6) is 0.699. The van der Waals surface area contributed by atoms with Crippen LogP contribution in [0.25, 0.3) is 10.2 Å². The predicted molar refractivity (Wildman–Crippen MR) is 83.8 cm³/mol. The van der Waals surface area contributed by atoms with E-state index in [4.69, 9.17) is 0 Å². The van der Waals surface area contributed by atoms with Crippen LogP contribution in [0.3, 0.4) is 0 Å². The molecule has 0 fully saturated rings. The standard InChI is InChI=1S/C14H9N3O2S2/c15-6-9-10-11(12(18)17-14(19)16-10)21-13(9)20-7-8-4-2-1-3-5-8/h1-5H,7H2,(H2,16,17,18,19). The number of thioether (sulfide) groups is 1. The van der Waals surface area contributed by atoms with Crippen molar-refractivity contribution in [3.63, 3.8) is 0 Å². The summed E-state index contributed by atoms with van der Waals surface area (Å²) < 4.78 is 1.12. The van der Waals surface area contributed by atoms with Gasteiger partial charge >= 0.3 is 5.69 Å². The van der Waals surface area contributed by atoms with Gasteiger partial charge in [0.2, 0.25) is 0 Å². The number of rotatable bonds is 3. The van der Waals surface area contributed by atoms with E-state index in [0.29, 0.717) is 21.5 Å². The van der Waals surface area contributed by atoms with Gasteiger partial charge in [-0.2, -0.15) is 5.26 Å². The van der Waals surface area contributed by atoms with E-state index < -0.39 is 11.2 Å². The normalized spacial score (nSPS) is 10.6. The third-order valence-electron chi connectivity index (χ3n) is 2.87. The molecule has 0 aliphatic carbocycles. The van der Waals surface area contributed by atoms with Gasteiger partial charge in [0.05, 0.1) is 9.73 Å². The van der Waals surface area contributed by atoms with Crippen LogP contribution in [0.5, 0.6) is 0 Å². The topological polar surface area (TPSA) is 89.5 Å². The van der Waals surface area contributed by atoms with Crippen molar-refractivity contribution in [1.82, 2.24) is 9.97 Å². The average Bonchev–Trinajstić information content (AvgIpc) is 2.84. The Kier molecular flexibility index (Phi) is 3.64. The molecular formula is C14H9N3O2S2. The highest BCUT2D eigenvalue weighted by Crippen LogP contribution is 2.36. The number of thiophene rings is 1. The number of hydrogen-bond donors (Lipinski definition) is 2. The molecule has 0 atom stereocenters. The van der Waals surface area contributed by atoms with Crippen LogP contribution in [0.2, 0.25) is 0 Å². The van der Waals surface area contributed by atoms with Crippen LogP contribution in [-0.4, -0.2) is 9.97 Å². The summed E-state index contributed by atoms with van der Waals surface area (Å²) in [6.07, 6.45) is 0. The smallest absolute Gasteiger partial charge is 0.305 e. The number of fused-ring (bicyclic) bond motifs is 1. The molecule has 0 bridgehead atoms. The zero-order chi connectivity index (χ0) is 14.8. The summed E-state index contributed by atoms with van der Waals surface area (Å²) in [6, 6.07) is 11.9. The molecule has 0 saturated heterocycles. The van der Waals surface area contributed by atoms with Crippen molar-refractivity contribution in [1.29, 1.82) is 5.26 Å². The van der Waals surface area contributed by atoms with E-state index in [-0.39, 0.29) is 0 Å². The first-order valence-electron chi connectivity index (χ1n) is 6.05. The van der Waals surface area contributed by atoms with Gasteiger partial charge in [0.25, 0.3) is 5.56 Å². The first-order valence-corrected chi connectivity index (χ1v) is 7.85. The molecule has 0 aliphatic rings. The Labute approximate surface area is 127 Å². The number of nitrogens with zero attached hydrogens (tertiary/aromatic N) is 1. The van der Waals surface area contributed by atoms with Crippen LogP contribution in [-0.2, 0) is 5.75 Å². The molecule has 0 spiro atoms. The van der Waals surface area contributed by atoms with E-state index in [1.165, 1.54) is 23.1 Å². The minimum Gasteiger partial charge on any atom is -0.305 e. The number of hydrogen-bond acceptors (Lipinski definition) is 5. The Morgan fingerprint density at radius 2 is 1.95 bits per heavy atom. The van der Waals surface area contributed by atoms with Crippen molar-refractivity contribution in [3.05, 3.63) is 62.3 Å². The van der Waals surface area contributed by atoms with E-state index in [0.717, 1.165) is 9.77 Å². The second-order valence-electron chi connectivity index (χ2n) is 4.26. The molecular weight excluding hydrogens is 306 g/mol. The van der Waals surface area contributed by atoms with E-state index >= 15 is 0 Å². The lowest BCUT2D eigenvalue weighted by Gasteiger charge is -1.99. The van der Waals surface area contributed by atoms with E-state index in [1.54, 1.807) is 0 Å². The summed E-state index contributed by atoms with van der Waals surface area (Å²) in [5, 5.41) is 9.29. The maximum Gasteiger partial charge on any atom is 0.326 e. The fourth-order valence-corrected chi connectivity index (χ4v) is 4.20. The van der Waals surface area contributed by atoms with Crippen molar-refractivity contribution in [3.8, 4) is 6.07 Å². The van der Waals surface area contributed by atoms with Gasteiger partial charge in [-0.3, -0.25) is 9.78 Å². The molecule has 104 valence electrons. The van der Waals surface area contributed by atoms with Gasteiger partial charge in [-0.25, -0.2) is 4.79 Å². The largest absolute Gasteiger partial charge is 0.326 e. The number of nitrogens with one attached hydrogen (secondary N) is 2. The van der Waals surface area contributed by atoms with Crippen LogP contribution in [0.15, 0.2) is 44.1 Å². The molecule has 0 aliphatic heterocycles. The molecule has 2 aromatic heterocycles. The van der Waals surface area contributed by atoms with Gasteiger partial charge < -0.3 is 4.98 Å². The molecule has 1 aromatic carbocycles. The van der Waals surface area contributed by atoms with Gasteiger partial charge in [-0.15, -0.1) is 23.1 Å². The van der Waals surface area contributed by atoms with E-state index in [1.807, 2.05) is 30.3 Å². The lowest BCUT2D eigenvalue weighted by atomic mass is 10.2. The third kappa shape index (κ3) is 2.63. The Hall–Kier alpha value is -2.30. The molecule has 7 heteroatoms. The van der Waals surface area contributed by atoms with Crippen LogP contribution in [0, 0.1) is 11.3 Å². The van der Waals surface area contributed by atoms with E-state index in [2.05, 4.69) is 16.0 Å². The molecule has 5 nitrogen and oxygen atoms in total. The van der Waals surface area contributed by atoms with Crippen LogP contribution in [0.1, 0.15) is 11.1 Å². The lowest BCUT2D eigenvalue weighted by Crippen LogP contribution is -2.20. The lowest BCUT2D eigenvalue weighted by molar-refractivity contribution is 1.08. The second-order valence-corrected chi connectivity index (χ2v) is 6.53. The van der Waals surface area contributed by atoms with Crippen molar-refractivity contribution >= 4 is 33.3 Å². The summed E-state index contributed by atoms with van der Waals surface area (Å²) in [7, 11) is 0. The molecule has 0 unspecified atom stereocenters. The maximum absolute atomic E-state index is 11.8. The molecule has 0 radical (unpaired) electrons. The molecule has 2 heterocycles. The Bertz CT molecular complexity index is 948. The van der Waals surface area contributed by atoms with Crippen molar-refractivity contribution in [2.45, 2.75) is 9.96 Å². The van der Waals surface area contributed by atoms with Crippen molar-refractivity contribution < 1.29 is 0 Å². The second kappa shape index (κ2) is 5.60.